The number of benzene rings is 2. The second kappa shape index (κ2) is 6.81. The summed E-state index contributed by atoms with van der Waals surface area (Å²) in [6, 6.07) is 14.8. The molecule has 20 heavy (non-hydrogen) atoms. The largest absolute Gasteiger partial charge is 0.416 e. The smallest absolute Gasteiger partial charge is 0.310 e. The Morgan fingerprint density at radius 2 is 1.55 bits per heavy atom. The monoisotopic (exact) mass is 298 g/mol. The van der Waals surface area contributed by atoms with Crippen molar-refractivity contribution in [3.63, 3.8) is 0 Å². The molecule has 0 saturated carbocycles. The van der Waals surface area contributed by atoms with Gasteiger partial charge in [0.1, 0.15) is 0 Å². The molecule has 0 atom stereocenters. The summed E-state index contributed by atoms with van der Waals surface area (Å²) in [7, 11) is 0. The normalized spacial score (nSPS) is 11.6. The molecule has 0 heterocycles. The molecule has 0 spiro atoms. The first-order valence-electron chi connectivity index (χ1n) is 6.06. The maximum absolute atomic E-state index is 12.4. The number of rotatable bonds is 5. The number of hydrogen-bond donors (Lipinski definition) is 0. The molecule has 5 heteroatoms. The van der Waals surface area contributed by atoms with Gasteiger partial charge in [0.05, 0.1) is 12.2 Å². The molecule has 0 aliphatic rings. The van der Waals surface area contributed by atoms with Gasteiger partial charge in [0, 0.05) is 16.9 Å². The van der Waals surface area contributed by atoms with E-state index >= 15 is 0 Å². The molecule has 0 amide bonds. The maximum Gasteiger partial charge on any atom is 0.416 e. The van der Waals surface area contributed by atoms with E-state index in [1.807, 2.05) is 30.3 Å². The van der Waals surface area contributed by atoms with Gasteiger partial charge in [-0.05, 0) is 36.2 Å². The fraction of sp³-hybridized carbons (Fsp3) is 0.200. The van der Waals surface area contributed by atoms with Crippen molar-refractivity contribution < 1.29 is 17.4 Å². The Bertz CT molecular complexity index is 523. The van der Waals surface area contributed by atoms with Crippen molar-refractivity contribution in [2.75, 3.05) is 6.61 Å². The van der Waals surface area contributed by atoms with Crippen LogP contribution in [0.2, 0.25) is 0 Å². The van der Waals surface area contributed by atoms with Crippen molar-refractivity contribution in [2.45, 2.75) is 17.5 Å². The van der Waals surface area contributed by atoms with Gasteiger partial charge in [-0.3, -0.25) is 0 Å². The van der Waals surface area contributed by atoms with E-state index in [1.54, 1.807) is 0 Å². The third kappa shape index (κ3) is 4.58. The van der Waals surface area contributed by atoms with Gasteiger partial charge in [-0.2, -0.15) is 13.2 Å². The number of hydrogen-bond acceptors (Lipinski definition) is 2. The maximum atomic E-state index is 12.4. The molecule has 0 saturated heterocycles. The zero-order valence-corrected chi connectivity index (χ0v) is 11.4. The molecule has 0 unspecified atom stereocenters. The Balaban J connectivity index is 1.77. The first-order valence-corrected chi connectivity index (χ1v) is 6.80. The van der Waals surface area contributed by atoms with Gasteiger partial charge in [0.2, 0.25) is 0 Å². The fourth-order valence-corrected chi connectivity index (χ4v) is 2.18. The van der Waals surface area contributed by atoms with Crippen LogP contribution in [0.5, 0.6) is 0 Å². The van der Waals surface area contributed by atoms with Crippen molar-refractivity contribution in [1.29, 1.82) is 0 Å². The summed E-state index contributed by atoms with van der Waals surface area (Å²) in [5.41, 5.74) is 0.201. The van der Waals surface area contributed by atoms with E-state index < -0.39 is 11.7 Å². The lowest BCUT2D eigenvalue weighted by molar-refractivity contribution is -0.137. The molecular weight excluding hydrogens is 285 g/mol. The summed E-state index contributed by atoms with van der Waals surface area (Å²) < 4.78 is 42.6. The standard InChI is InChI=1S/C15H13F3OS/c16-15(17,18)13-8-6-12(7-9-13)10-11-19-20-14-4-2-1-3-5-14/h1-9H,10-11H2. The van der Waals surface area contributed by atoms with Crippen LogP contribution in [0.15, 0.2) is 59.5 Å². The molecule has 0 aliphatic carbocycles. The first kappa shape index (κ1) is 14.9. The molecule has 0 N–H and O–H groups in total. The Morgan fingerprint density at radius 1 is 0.900 bits per heavy atom. The molecule has 2 aromatic rings. The van der Waals surface area contributed by atoms with E-state index in [0.717, 1.165) is 22.6 Å². The summed E-state index contributed by atoms with van der Waals surface area (Å²) in [4.78, 5) is 1.000. The van der Waals surface area contributed by atoms with Gasteiger partial charge in [-0.25, -0.2) is 0 Å². The van der Waals surface area contributed by atoms with Crippen LogP contribution >= 0.6 is 12.0 Å². The van der Waals surface area contributed by atoms with Crippen molar-refractivity contribution >= 4 is 12.0 Å². The molecule has 2 rings (SSSR count). The summed E-state index contributed by atoms with van der Waals surface area (Å²) >= 11 is 1.27. The van der Waals surface area contributed by atoms with E-state index in [0.29, 0.717) is 13.0 Å². The van der Waals surface area contributed by atoms with Gasteiger partial charge in [0.25, 0.3) is 0 Å². The highest BCUT2D eigenvalue weighted by Crippen LogP contribution is 2.29. The fourth-order valence-electron chi connectivity index (χ4n) is 1.61. The van der Waals surface area contributed by atoms with Crippen molar-refractivity contribution in [3.8, 4) is 0 Å². The van der Waals surface area contributed by atoms with E-state index in [4.69, 9.17) is 4.18 Å². The van der Waals surface area contributed by atoms with Crippen LogP contribution in [0.25, 0.3) is 0 Å². The summed E-state index contributed by atoms with van der Waals surface area (Å²) in [5.74, 6) is 0. The van der Waals surface area contributed by atoms with Gasteiger partial charge in [0.15, 0.2) is 0 Å². The summed E-state index contributed by atoms with van der Waals surface area (Å²) in [6.07, 6.45) is -3.70. The molecule has 106 valence electrons. The van der Waals surface area contributed by atoms with E-state index in [9.17, 15) is 13.2 Å². The van der Waals surface area contributed by atoms with Crippen LogP contribution in [-0.2, 0) is 16.8 Å². The molecule has 0 aromatic heterocycles. The Labute approximate surface area is 120 Å². The zero-order valence-electron chi connectivity index (χ0n) is 10.6. The third-order valence-electron chi connectivity index (χ3n) is 2.65. The van der Waals surface area contributed by atoms with Crippen molar-refractivity contribution in [2.24, 2.45) is 0 Å². The summed E-state index contributed by atoms with van der Waals surface area (Å²) in [6.45, 7) is 0.449. The van der Waals surface area contributed by atoms with Crippen LogP contribution in [0.3, 0.4) is 0 Å². The van der Waals surface area contributed by atoms with Gasteiger partial charge in [-0.15, -0.1) is 0 Å². The van der Waals surface area contributed by atoms with Crippen LogP contribution in [-0.4, -0.2) is 6.61 Å². The highest BCUT2D eigenvalue weighted by Gasteiger charge is 2.29. The highest BCUT2D eigenvalue weighted by molar-refractivity contribution is 7.94. The van der Waals surface area contributed by atoms with E-state index in [2.05, 4.69) is 0 Å². The lowest BCUT2D eigenvalue weighted by Gasteiger charge is -2.07. The predicted octanol–water partition coefficient (Wildman–Crippen LogP) is 4.97. The third-order valence-corrected chi connectivity index (χ3v) is 3.40. The highest BCUT2D eigenvalue weighted by atomic mass is 32.2. The van der Waals surface area contributed by atoms with Crippen LogP contribution in [0.4, 0.5) is 13.2 Å². The Hall–Kier alpha value is -1.46. The molecule has 0 aliphatic heterocycles. The Kier molecular flexibility index (Phi) is 5.09. The minimum absolute atomic E-state index is 0.449. The predicted molar refractivity (Wildman–Crippen MR) is 73.4 cm³/mol. The second-order valence-corrected chi connectivity index (χ2v) is 5.04. The molecule has 2 aromatic carbocycles. The molecule has 1 nitrogen and oxygen atoms in total. The van der Waals surface area contributed by atoms with Crippen molar-refractivity contribution in [3.05, 3.63) is 65.7 Å². The number of alkyl halides is 3. The SMILES string of the molecule is FC(F)(F)c1ccc(CCOSc2ccccc2)cc1. The topological polar surface area (TPSA) is 9.23 Å². The Morgan fingerprint density at radius 3 is 2.15 bits per heavy atom. The lowest BCUT2D eigenvalue weighted by atomic mass is 10.1. The molecule has 0 fully saturated rings. The van der Waals surface area contributed by atoms with Gasteiger partial charge >= 0.3 is 6.18 Å². The number of halogens is 3. The average Bonchev–Trinajstić information content (AvgIpc) is 2.44. The van der Waals surface area contributed by atoms with Gasteiger partial charge in [-0.1, -0.05) is 30.3 Å². The average molecular weight is 298 g/mol. The van der Waals surface area contributed by atoms with Crippen LogP contribution < -0.4 is 0 Å². The second-order valence-electron chi connectivity index (χ2n) is 4.16. The minimum Gasteiger partial charge on any atom is -0.310 e. The van der Waals surface area contributed by atoms with Crippen LogP contribution in [0.1, 0.15) is 11.1 Å². The first-order chi connectivity index (χ1) is 9.55. The van der Waals surface area contributed by atoms with E-state index in [-0.39, 0.29) is 0 Å². The van der Waals surface area contributed by atoms with Gasteiger partial charge < -0.3 is 4.18 Å². The zero-order chi connectivity index (χ0) is 14.4. The van der Waals surface area contributed by atoms with Crippen molar-refractivity contribution in [1.82, 2.24) is 0 Å². The minimum atomic E-state index is -4.28. The van der Waals surface area contributed by atoms with E-state index in [1.165, 1.54) is 24.2 Å². The lowest BCUT2D eigenvalue weighted by Crippen LogP contribution is -2.04. The molecule has 0 bridgehead atoms. The quantitative estimate of drug-likeness (QED) is 0.569. The molecule has 0 radical (unpaired) electrons. The molecular formula is C15H13F3OS. The van der Waals surface area contributed by atoms with Crippen LogP contribution in [0, 0.1) is 0 Å². The summed E-state index contributed by atoms with van der Waals surface area (Å²) in [5, 5.41) is 0.